The summed E-state index contributed by atoms with van der Waals surface area (Å²) in [7, 11) is 0. The molecule has 1 aromatic heterocycles. The molecule has 2 N–H and O–H groups in total. The summed E-state index contributed by atoms with van der Waals surface area (Å²) in [5, 5.41) is 13.6. The number of fused-ring (bicyclic) bond motifs is 1. The Hall–Kier alpha value is -4.16. The highest BCUT2D eigenvalue weighted by Crippen LogP contribution is 2.29. The van der Waals surface area contributed by atoms with Crippen LogP contribution in [0.2, 0.25) is 0 Å². The predicted molar refractivity (Wildman–Crippen MR) is 159 cm³/mol. The lowest BCUT2D eigenvalue weighted by atomic mass is 9.94. The maximum Gasteiger partial charge on any atom is 0.335 e. The molecule has 0 aliphatic carbocycles. The highest BCUT2D eigenvalue weighted by molar-refractivity contribution is 9.10. The molecule has 5 rings (SSSR count). The van der Waals surface area contributed by atoms with Gasteiger partial charge in [0.2, 0.25) is 0 Å². The minimum atomic E-state index is -0.902. The van der Waals surface area contributed by atoms with Gasteiger partial charge in [0, 0.05) is 33.7 Å². The van der Waals surface area contributed by atoms with E-state index in [0.717, 1.165) is 43.2 Å². The quantitative estimate of drug-likeness (QED) is 0.196. The van der Waals surface area contributed by atoms with Gasteiger partial charge in [-0.2, -0.15) is 0 Å². The van der Waals surface area contributed by atoms with Gasteiger partial charge in [0.1, 0.15) is 0 Å². The molecule has 0 saturated heterocycles. The molecule has 1 atom stereocenters. The van der Waals surface area contributed by atoms with Crippen LogP contribution in [0, 0.1) is 0 Å². The van der Waals surface area contributed by atoms with E-state index >= 15 is 0 Å². The minimum absolute atomic E-state index is 0.109. The van der Waals surface area contributed by atoms with Crippen LogP contribution in [-0.2, 0) is 13.0 Å². The van der Waals surface area contributed by atoms with Crippen molar-refractivity contribution in [1.82, 2.24) is 9.88 Å². The average molecular weight is 582 g/mol. The second-order valence-corrected chi connectivity index (χ2v) is 10.6. The van der Waals surface area contributed by atoms with Gasteiger partial charge in [0.25, 0.3) is 5.91 Å². The van der Waals surface area contributed by atoms with Gasteiger partial charge in [-0.1, -0.05) is 71.4 Å². The van der Waals surface area contributed by atoms with Crippen LogP contribution < -0.4 is 5.32 Å². The number of carbonyl (C=O) groups excluding carboxylic acids is 1. The monoisotopic (exact) mass is 580 g/mol. The molecule has 4 aromatic carbocycles. The summed E-state index contributed by atoms with van der Waals surface area (Å²) in [5.41, 5.74) is 7.08. The summed E-state index contributed by atoms with van der Waals surface area (Å²) in [5.74, 6) is -1.01. The number of carbonyl (C=O) groups is 2. The Bertz CT molecular complexity index is 1670. The van der Waals surface area contributed by atoms with E-state index in [9.17, 15) is 14.7 Å². The van der Waals surface area contributed by atoms with Crippen molar-refractivity contribution in [1.29, 1.82) is 0 Å². The Labute approximate surface area is 236 Å². The Morgan fingerprint density at radius 1 is 0.923 bits per heavy atom. The molecular weight excluding hydrogens is 552 g/mol. The highest BCUT2D eigenvalue weighted by atomic mass is 79.9. The highest BCUT2D eigenvalue weighted by Gasteiger charge is 2.15. The van der Waals surface area contributed by atoms with Crippen LogP contribution in [0.3, 0.4) is 0 Å². The second kappa shape index (κ2) is 11.3. The molecule has 39 heavy (non-hydrogen) atoms. The normalized spacial score (nSPS) is 11.9. The first-order chi connectivity index (χ1) is 18.8. The fraction of sp³-hybridized carbons (Fsp3) is 0.152. The third-order valence-corrected chi connectivity index (χ3v) is 7.67. The molecule has 6 heteroatoms. The number of aromatic nitrogens is 1. The van der Waals surface area contributed by atoms with Gasteiger partial charge in [0.05, 0.1) is 11.6 Å². The number of halogens is 1. The summed E-state index contributed by atoms with van der Waals surface area (Å²) in [4.78, 5) is 24.6. The summed E-state index contributed by atoms with van der Waals surface area (Å²) < 4.78 is 3.18. The summed E-state index contributed by atoms with van der Waals surface area (Å²) in [6.45, 7) is 4.60. The van der Waals surface area contributed by atoms with Crippen LogP contribution in [0.4, 0.5) is 0 Å². The molecule has 0 bridgehead atoms. The maximum absolute atomic E-state index is 13.0. The maximum atomic E-state index is 13.0. The summed E-state index contributed by atoms with van der Waals surface area (Å²) >= 11 is 3.45. The number of aromatic carboxylic acids is 1. The molecule has 1 amide bonds. The predicted octanol–water partition coefficient (Wildman–Crippen LogP) is 7.87. The molecule has 196 valence electrons. The lowest BCUT2D eigenvalue weighted by Crippen LogP contribution is -2.26. The Morgan fingerprint density at radius 3 is 2.44 bits per heavy atom. The van der Waals surface area contributed by atoms with Crippen molar-refractivity contribution < 1.29 is 14.7 Å². The van der Waals surface area contributed by atoms with Gasteiger partial charge < -0.3 is 15.0 Å². The number of aryl methyl sites for hydroxylation is 1. The van der Waals surface area contributed by atoms with E-state index in [1.54, 1.807) is 6.07 Å². The van der Waals surface area contributed by atoms with E-state index in [4.69, 9.17) is 0 Å². The van der Waals surface area contributed by atoms with E-state index in [0.29, 0.717) is 24.1 Å². The van der Waals surface area contributed by atoms with Crippen molar-refractivity contribution in [2.45, 2.75) is 32.9 Å². The van der Waals surface area contributed by atoms with E-state index in [2.05, 4.69) is 37.9 Å². The SMILES string of the molecule is CCc1cc(-c2ccccc2Cn2ccc3cc(C(=O)NC(C)c4ccc(Br)cc4)ccc32)ccc1C(=O)O. The van der Waals surface area contributed by atoms with Gasteiger partial charge in [-0.25, -0.2) is 4.79 Å². The smallest absolute Gasteiger partial charge is 0.335 e. The second-order valence-electron chi connectivity index (χ2n) is 9.65. The first-order valence-electron chi connectivity index (χ1n) is 12.9. The number of benzene rings is 4. The number of amides is 1. The summed E-state index contributed by atoms with van der Waals surface area (Å²) in [6, 6.07) is 29.4. The van der Waals surface area contributed by atoms with Crippen molar-refractivity contribution in [3.05, 3.63) is 129 Å². The average Bonchev–Trinajstić information content (AvgIpc) is 3.35. The van der Waals surface area contributed by atoms with Gasteiger partial charge in [-0.3, -0.25) is 4.79 Å². The third-order valence-electron chi connectivity index (χ3n) is 7.14. The van der Waals surface area contributed by atoms with E-state index < -0.39 is 5.97 Å². The van der Waals surface area contributed by atoms with E-state index in [1.807, 2.05) is 92.8 Å². The van der Waals surface area contributed by atoms with Crippen LogP contribution in [0.15, 0.2) is 102 Å². The van der Waals surface area contributed by atoms with Crippen LogP contribution in [0.1, 0.15) is 57.3 Å². The van der Waals surface area contributed by atoms with Gasteiger partial charge in [-0.15, -0.1) is 0 Å². The molecule has 0 aliphatic heterocycles. The molecule has 0 radical (unpaired) electrons. The standard InChI is InChI=1S/C33H29BrN2O3/c1-3-22-18-24(10-14-30(22)33(38)39)29-7-5-4-6-27(29)20-36-17-16-25-19-26(11-15-31(25)36)32(37)35-21(2)23-8-12-28(34)13-9-23/h4-19,21H,3,20H2,1-2H3,(H,35,37)(H,38,39). The number of hydrogen-bond donors (Lipinski definition) is 2. The van der Waals surface area contributed by atoms with Gasteiger partial charge in [0.15, 0.2) is 0 Å². The van der Waals surface area contributed by atoms with Crippen LogP contribution in [0.25, 0.3) is 22.0 Å². The molecule has 0 saturated carbocycles. The molecule has 1 heterocycles. The number of hydrogen-bond acceptors (Lipinski definition) is 2. The zero-order valence-electron chi connectivity index (χ0n) is 21.8. The number of nitrogens with zero attached hydrogens (tertiary/aromatic N) is 1. The Balaban J connectivity index is 1.38. The van der Waals surface area contributed by atoms with Crippen molar-refractivity contribution in [3.63, 3.8) is 0 Å². The Morgan fingerprint density at radius 2 is 1.69 bits per heavy atom. The van der Waals surface area contributed by atoms with Crippen molar-refractivity contribution in [2.75, 3.05) is 0 Å². The number of carboxylic acids is 1. The van der Waals surface area contributed by atoms with Crippen molar-refractivity contribution >= 4 is 38.7 Å². The molecule has 0 spiro atoms. The van der Waals surface area contributed by atoms with Crippen LogP contribution in [-0.4, -0.2) is 21.6 Å². The van der Waals surface area contributed by atoms with E-state index in [1.165, 1.54) is 0 Å². The molecular formula is C33H29BrN2O3. The number of carboxylic acid groups (broad SMARTS) is 1. The van der Waals surface area contributed by atoms with Crippen LogP contribution in [0.5, 0.6) is 0 Å². The first kappa shape index (κ1) is 26.4. The lowest BCUT2D eigenvalue weighted by Gasteiger charge is -2.15. The minimum Gasteiger partial charge on any atom is -0.478 e. The first-order valence-corrected chi connectivity index (χ1v) is 13.7. The summed E-state index contributed by atoms with van der Waals surface area (Å²) in [6.07, 6.45) is 2.69. The Kier molecular flexibility index (Phi) is 7.66. The van der Waals surface area contributed by atoms with Crippen LogP contribution >= 0.6 is 15.9 Å². The zero-order valence-corrected chi connectivity index (χ0v) is 23.4. The van der Waals surface area contributed by atoms with Gasteiger partial charge in [-0.05, 0) is 83.6 Å². The lowest BCUT2D eigenvalue weighted by molar-refractivity contribution is 0.0695. The van der Waals surface area contributed by atoms with Crippen molar-refractivity contribution in [3.8, 4) is 11.1 Å². The molecule has 0 fully saturated rings. The topological polar surface area (TPSA) is 71.3 Å². The fourth-order valence-electron chi connectivity index (χ4n) is 4.98. The molecule has 5 nitrogen and oxygen atoms in total. The molecule has 5 aromatic rings. The molecule has 1 unspecified atom stereocenters. The van der Waals surface area contributed by atoms with Gasteiger partial charge >= 0.3 is 5.97 Å². The third kappa shape index (κ3) is 5.66. The van der Waals surface area contributed by atoms with E-state index in [-0.39, 0.29) is 11.9 Å². The zero-order chi connectivity index (χ0) is 27.5. The van der Waals surface area contributed by atoms with Crippen molar-refractivity contribution in [2.24, 2.45) is 0 Å². The molecule has 0 aliphatic rings. The number of rotatable bonds is 8. The number of nitrogens with one attached hydrogen (secondary N) is 1. The largest absolute Gasteiger partial charge is 0.478 e. The fourth-order valence-corrected chi connectivity index (χ4v) is 5.24.